The standard InChI is InChI=1S/C12H12N6O2/c13-9-10-2-3-12(18(19)20)11(8-10)14-4-1-6-17-7-5-15-16-17/h2-3,5,7-8,14H,1,4,6H2. The summed E-state index contributed by atoms with van der Waals surface area (Å²) in [5.41, 5.74) is 0.701. The number of anilines is 1. The number of nitrogens with one attached hydrogen (secondary N) is 1. The number of aromatic nitrogens is 3. The lowest BCUT2D eigenvalue weighted by Crippen LogP contribution is -2.08. The van der Waals surface area contributed by atoms with Gasteiger partial charge in [-0.1, -0.05) is 5.21 Å². The predicted octanol–water partition coefficient (Wildman–Crippen LogP) is 1.56. The van der Waals surface area contributed by atoms with Crippen LogP contribution in [0.5, 0.6) is 0 Å². The van der Waals surface area contributed by atoms with E-state index in [1.165, 1.54) is 18.2 Å². The van der Waals surface area contributed by atoms with E-state index in [-0.39, 0.29) is 5.69 Å². The van der Waals surface area contributed by atoms with Crippen molar-refractivity contribution in [3.63, 3.8) is 0 Å². The Morgan fingerprint density at radius 2 is 2.35 bits per heavy atom. The molecular formula is C12H12N6O2. The summed E-state index contributed by atoms with van der Waals surface area (Å²) in [7, 11) is 0. The molecule has 20 heavy (non-hydrogen) atoms. The molecule has 1 aromatic heterocycles. The molecule has 0 unspecified atom stereocenters. The largest absolute Gasteiger partial charge is 0.379 e. The number of benzene rings is 1. The van der Waals surface area contributed by atoms with Crippen molar-refractivity contribution in [3.05, 3.63) is 46.3 Å². The highest BCUT2D eigenvalue weighted by Gasteiger charge is 2.13. The van der Waals surface area contributed by atoms with Crippen LogP contribution in [0.2, 0.25) is 0 Å². The van der Waals surface area contributed by atoms with Crippen LogP contribution >= 0.6 is 0 Å². The summed E-state index contributed by atoms with van der Waals surface area (Å²) < 4.78 is 1.68. The highest BCUT2D eigenvalue weighted by Crippen LogP contribution is 2.25. The van der Waals surface area contributed by atoms with Crippen molar-refractivity contribution in [1.29, 1.82) is 5.26 Å². The van der Waals surface area contributed by atoms with E-state index in [0.717, 1.165) is 6.42 Å². The van der Waals surface area contributed by atoms with E-state index in [4.69, 9.17) is 5.26 Å². The fourth-order valence-electron chi connectivity index (χ4n) is 1.72. The summed E-state index contributed by atoms with van der Waals surface area (Å²) in [5.74, 6) is 0. The van der Waals surface area contributed by atoms with Gasteiger partial charge in [0.15, 0.2) is 0 Å². The molecule has 102 valence electrons. The van der Waals surface area contributed by atoms with E-state index in [1.54, 1.807) is 17.1 Å². The molecule has 0 fully saturated rings. The van der Waals surface area contributed by atoms with E-state index in [2.05, 4.69) is 15.6 Å². The van der Waals surface area contributed by atoms with Gasteiger partial charge in [0.2, 0.25) is 0 Å². The van der Waals surface area contributed by atoms with Crippen molar-refractivity contribution in [2.24, 2.45) is 0 Å². The van der Waals surface area contributed by atoms with Crippen LogP contribution in [-0.4, -0.2) is 26.5 Å². The molecule has 0 aliphatic carbocycles. The minimum absolute atomic E-state index is 0.0373. The number of nitriles is 1. The first-order chi connectivity index (χ1) is 9.70. The zero-order valence-corrected chi connectivity index (χ0v) is 10.6. The van der Waals surface area contributed by atoms with Crippen molar-refractivity contribution < 1.29 is 4.92 Å². The summed E-state index contributed by atoms with van der Waals surface area (Å²) in [4.78, 5) is 10.4. The van der Waals surface area contributed by atoms with Crippen LogP contribution in [0.4, 0.5) is 11.4 Å². The first-order valence-electron chi connectivity index (χ1n) is 5.97. The second-order valence-electron chi connectivity index (χ2n) is 4.05. The maximum atomic E-state index is 10.9. The molecule has 0 aliphatic heterocycles. The van der Waals surface area contributed by atoms with E-state index < -0.39 is 4.92 Å². The minimum Gasteiger partial charge on any atom is -0.379 e. The maximum absolute atomic E-state index is 10.9. The Morgan fingerprint density at radius 1 is 1.50 bits per heavy atom. The molecule has 0 spiro atoms. The monoisotopic (exact) mass is 272 g/mol. The second-order valence-corrected chi connectivity index (χ2v) is 4.05. The lowest BCUT2D eigenvalue weighted by atomic mass is 10.2. The molecular weight excluding hydrogens is 260 g/mol. The average Bonchev–Trinajstić information content (AvgIpc) is 2.96. The fraction of sp³-hybridized carbons (Fsp3) is 0.250. The number of nitrogens with zero attached hydrogens (tertiary/aromatic N) is 5. The van der Waals surface area contributed by atoms with Crippen LogP contribution in [0, 0.1) is 21.4 Å². The molecule has 2 rings (SSSR count). The lowest BCUT2D eigenvalue weighted by molar-refractivity contribution is -0.384. The SMILES string of the molecule is N#Cc1ccc([N+](=O)[O-])c(NCCCn2ccnn2)c1. The normalized spacial score (nSPS) is 9.95. The Bertz CT molecular complexity index is 632. The van der Waals surface area contributed by atoms with Gasteiger partial charge in [-0.25, -0.2) is 0 Å². The molecule has 0 atom stereocenters. The Balaban J connectivity index is 1.97. The molecule has 0 saturated carbocycles. The highest BCUT2D eigenvalue weighted by atomic mass is 16.6. The van der Waals surface area contributed by atoms with Gasteiger partial charge in [-0.15, -0.1) is 5.10 Å². The molecule has 1 aromatic carbocycles. The molecule has 0 aliphatic rings. The van der Waals surface area contributed by atoms with Crippen LogP contribution in [0.15, 0.2) is 30.6 Å². The highest BCUT2D eigenvalue weighted by molar-refractivity contribution is 5.64. The predicted molar refractivity (Wildman–Crippen MR) is 70.9 cm³/mol. The number of hydrogen-bond acceptors (Lipinski definition) is 6. The number of nitro groups is 1. The second kappa shape index (κ2) is 6.29. The van der Waals surface area contributed by atoms with Crippen molar-refractivity contribution >= 4 is 11.4 Å². The van der Waals surface area contributed by atoms with Gasteiger partial charge in [-0.2, -0.15) is 5.26 Å². The third-order valence-corrected chi connectivity index (χ3v) is 2.67. The van der Waals surface area contributed by atoms with Crippen molar-refractivity contribution in [2.75, 3.05) is 11.9 Å². The van der Waals surface area contributed by atoms with Gasteiger partial charge < -0.3 is 5.32 Å². The smallest absolute Gasteiger partial charge is 0.292 e. The topological polar surface area (TPSA) is 110 Å². The van der Waals surface area contributed by atoms with Crippen LogP contribution in [0.3, 0.4) is 0 Å². The maximum Gasteiger partial charge on any atom is 0.292 e. The van der Waals surface area contributed by atoms with Gasteiger partial charge in [0.25, 0.3) is 5.69 Å². The molecule has 8 heteroatoms. The lowest BCUT2D eigenvalue weighted by Gasteiger charge is -2.07. The summed E-state index contributed by atoms with van der Waals surface area (Å²) in [6.45, 7) is 1.20. The van der Waals surface area contributed by atoms with Crippen LogP contribution < -0.4 is 5.32 Å². The zero-order chi connectivity index (χ0) is 14.4. The Labute approximate surface area is 114 Å². The first-order valence-corrected chi connectivity index (χ1v) is 5.97. The van der Waals surface area contributed by atoms with Gasteiger partial charge >= 0.3 is 0 Å². The quantitative estimate of drug-likeness (QED) is 0.485. The number of aryl methyl sites for hydroxylation is 1. The summed E-state index contributed by atoms with van der Waals surface area (Å²) >= 11 is 0. The number of hydrogen-bond donors (Lipinski definition) is 1. The molecule has 1 heterocycles. The van der Waals surface area contributed by atoms with E-state index in [0.29, 0.717) is 24.3 Å². The van der Waals surface area contributed by atoms with E-state index >= 15 is 0 Å². The van der Waals surface area contributed by atoms with Gasteiger partial charge in [0, 0.05) is 25.4 Å². The summed E-state index contributed by atoms with van der Waals surface area (Å²) in [6.07, 6.45) is 4.07. The van der Waals surface area contributed by atoms with Gasteiger partial charge in [-0.3, -0.25) is 14.8 Å². The minimum atomic E-state index is -0.471. The third-order valence-electron chi connectivity index (χ3n) is 2.67. The zero-order valence-electron chi connectivity index (χ0n) is 10.6. The Hall–Kier alpha value is -2.95. The molecule has 0 amide bonds. The molecule has 0 saturated heterocycles. The Morgan fingerprint density at radius 3 is 3.00 bits per heavy atom. The molecule has 0 radical (unpaired) electrons. The van der Waals surface area contributed by atoms with Crippen LogP contribution in [0.1, 0.15) is 12.0 Å². The molecule has 8 nitrogen and oxygen atoms in total. The first kappa shape index (κ1) is 13.5. The molecule has 2 aromatic rings. The van der Waals surface area contributed by atoms with Gasteiger partial charge in [-0.05, 0) is 18.6 Å². The average molecular weight is 272 g/mol. The fourth-order valence-corrected chi connectivity index (χ4v) is 1.72. The summed E-state index contributed by atoms with van der Waals surface area (Å²) in [5, 5.41) is 30.2. The number of rotatable bonds is 6. The van der Waals surface area contributed by atoms with Crippen LogP contribution in [0.25, 0.3) is 0 Å². The van der Waals surface area contributed by atoms with E-state index in [1.807, 2.05) is 6.07 Å². The van der Waals surface area contributed by atoms with Gasteiger partial charge in [0.05, 0.1) is 22.8 Å². The molecule has 0 bridgehead atoms. The Kier molecular flexibility index (Phi) is 4.24. The van der Waals surface area contributed by atoms with Crippen molar-refractivity contribution in [3.8, 4) is 6.07 Å². The number of nitro benzene ring substituents is 1. The summed E-state index contributed by atoms with van der Waals surface area (Å²) in [6, 6.07) is 6.20. The van der Waals surface area contributed by atoms with Crippen molar-refractivity contribution in [2.45, 2.75) is 13.0 Å². The van der Waals surface area contributed by atoms with E-state index in [9.17, 15) is 10.1 Å². The molecule has 1 N–H and O–H groups in total. The van der Waals surface area contributed by atoms with Crippen LogP contribution in [-0.2, 0) is 6.54 Å². The third kappa shape index (κ3) is 3.29. The van der Waals surface area contributed by atoms with Gasteiger partial charge in [0.1, 0.15) is 5.69 Å². The van der Waals surface area contributed by atoms with Crippen molar-refractivity contribution in [1.82, 2.24) is 15.0 Å².